The van der Waals surface area contributed by atoms with Crippen LogP contribution in [-0.2, 0) is 16.0 Å². The summed E-state index contributed by atoms with van der Waals surface area (Å²) in [4.78, 5) is 35.9. The first-order valence-electron chi connectivity index (χ1n) is 7.35. The molecule has 6 heteroatoms. The van der Waals surface area contributed by atoms with Crippen molar-refractivity contribution in [3.8, 4) is 0 Å². The van der Waals surface area contributed by atoms with E-state index in [1.807, 2.05) is 6.07 Å². The number of anilines is 1. The number of carbonyl (C=O) groups excluding carboxylic acids is 3. The number of cyclic esters (lactones) is 1. The first-order chi connectivity index (χ1) is 11.4. The zero-order valence-corrected chi connectivity index (χ0v) is 14.4. The molecule has 0 saturated heterocycles. The van der Waals surface area contributed by atoms with Gasteiger partial charge in [0, 0.05) is 22.1 Å². The van der Waals surface area contributed by atoms with Crippen LogP contribution in [0.15, 0.2) is 46.9 Å². The number of hydrogen-bond donors (Lipinski definition) is 1. The molecule has 122 valence electrons. The molecule has 0 aromatic heterocycles. The minimum Gasteiger partial charge on any atom is -0.448 e. The molecule has 2 aromatic rings. The normalized spacial score (nSPS) is 16.1. The summed E-state index contributed by atoms with van der Waals surface area (Å²) in [7, 11) is 0. The standard InChI is InChI=1S/C18H14BrNO4/c1-10(21)11-3-2-4-14(8-11)20-17(22)16-9-12-7-13(19)5-6-15(12)18(23)24-16/h2-8,16H,9H2,1H3,(H,20,22). The molecule has 2 aromatic carbocycles. The maximum atomic E-state index is 12.4. The Kier molecular flexibility index (Phi) is 4.49. The van der Waals surface area contributed by atoms with Crippen molar-refractivity contribution in [2.24, 2.45) is 0 Å². The van der Waals surface area contributed by atoms with Gasteiger partial charge in [-0.1, -0.05) is 28.1 Å². The van der Waals surface area contributed by atoms with Crippen LogP contribution < -0.4 is 5.32 Å². The van der Waals surface area contributed by atoms with Crippen LogP contribution in [0.25, 0.3) is 0 Å². The molecule has 5 nitrogen and oxygen atoms in total. The van der Waals surface area contributed by atoms with Gasteiger partial charge in [-0.25, -0.2) is 4.79 Å². The number of ether oxygens (including phenoxy) is 1. The summed E-state index contributed by atoms with van der Waals surface area (Å²) >= 11 is 3.36. The number of amides is 1. The van der Waals surface area contributed by atoms with E-state index in [0.29, 0.717) is 23.2 Å². The lowest BCUT2D eigenvalue weighted by atomic mass is 9.98. The molecule has 0 aliphatic carbocycles. The molecule has 0 bridgehead atoms. The van der Waals surface area contributed by atoms with Gasteiger partial charge >= 0.3 is 5.97 Å². The summed E-state index contributed by atoms with van der Waals surface area (Å²) in [5.41, 5.74) is 2.23. The number of fused-ring (bicyclic) bond motifs is 1. The van der Waals surface area contributed by atoms with Crippen LogP contribution in [0.5, 0.6) is 0 Å². The van der Waals surface area contributed by atoms with Gasteiger partial charge in [-0.3, -0.25) is 9.59 Å². The Morgan fingerprint density at radius 1 is 1.21 bits per heavy atom. The second-order valence-corrected chi connectivity index (χ2v) is 6.44. The van der Waals surface area contributed by atoms with Gasteiger partial charge < -0.3 is 10.1 Å². The highest BCUT2D eigenvalue weighted by Crippen LogP contribution is 2.25. The third-order valence-corrected chi connectivity index (χ3v) is 4.26. The van der Waals surface area contributed by atoms with E-state index < -0.39 is 18.0 Å². The van der Waals surface area contributed by atoms with Crippen LogP contribution in [0.1, 0.15) is 33.2 Å². The third-order valence-electron chi connectivity index (χ3n) is 3.77. The van der Waals surface area contributed by atoms with Crippen molar-refractivity contribution in [1.82, 2.24) is 0 Å². The van der Waals surface area contributed by atoms with E-state index in [9.17, 15) is 14.4 Å². The fourth-order valence-electron chi connectivity index (χ4n) is 2.55. The molecule has 0 radical (unpaired) electrons. The SMILES string of the molecule is CC(=O)c1cccc(NC(=O)C2Cc3cc(Br)ccc3C(=O)O2)c1. The summed E-state index contributed by atoms with van der Waals surface area (Å²) < 4.78 is 6.07. The van der Waals surface area contributed by atoms with Gasteiger partial charge in [0.15, 0.2) is 11.9 Å². The average Bonchev–Trinajstić information content (AvgIpc) is 2.54. The Labute approximate surface area is 147 Å². The number of hydrogen-bond acceptors (Lipinski definition) is 4. The van der Waals surface area contributed by atoms with Gasteiger partial charge in [-0.15, -0.1) is 0 Å². The molecule has 0 fully saturated rings. The number of nitrogens with one attached hydrogen (secondary N) is 1. The fraction of sp³-hybridized carbons (Fsp3) is 0.167. The van der Waals surface area contributed by atoms with Gasteiger partial charge in [0.2, 0.25) is 0 Å². The average molecular weight is 388 g/mol. The van der Waals surface area contributed by atoms with Gasteiger partial charge in [0.1, 0.15) is 0 Å². The largest absolute Gasteiger partial charge is 0.448 e. The van der Waals surface area contributed by atoms with Crippen molar-refractivity contribution >= 4 is 39.3 Å². The highest BCUT2D eigenvalue weighted by atomic mass is 79.9. The van der Waals surface area contributed by atoms with Crippen molar-refractivity contribution in [2.75, 3.05) is 5.32 Å². The molecule has 1 atom stereocenters. The predicted octanol–water partition coefficient (Wildman–Crippen LogP) is 3.37. The van der Waals surface area contributed by atoms with E-state index in [1.54, 1.807) is 36.4 Å². The minimum absolute atomic E-state index is 0.0889. The zero-order valence-electron chi connectivity index (χ0n) is 12.8. The van der Waals surface area contributed by atoms with Crippen molar-refractivity contribution in [3.63, 3.8) is 0 Å². The molecule has 3 rings (SSSR count). The van der Waals surface area contributed by atoms with Crippen molar-refractivity contribution < 1.29 is 19.1 Å². The Morgan fingerprint density at radius 2 is 2.00 bits per heavy atom. The van der Waals surface area contributed by atoms with Crippen LogP contribution >= 0.6 is 15.9 Å². The molecule has 0 saturated carbocycles. The molecule has 1 N–H and O–H groups in total. The number of rotatable bonds is 3. The minimum atomic E-state index is -0.903. The molecule has 0 spiro atoms. The van der Waals surface area contributed by atoms with Gasteiger partial charge in [-0.05, 0) is 42.8 Å². The fourth-order valence-corrected chi connectivity index (χ4v) is 2.96. The molecular formula is C18H14BrNO4. The number of ketones is 1. The number of benzene rings is 2. The maximum Gasteiger partial charge on any atom is 0.339 e. The highest BCUT2D eigenvalue weighted by Gasteiger charge is 2.31. The number of halogens is 1. The van der Waals surface area contributed by atoms with Crippen molar-refractivity contribution in [1.29, 1.82) is 0 Å². The van der Waals surface area contributed by atoms with Crippen LogP contribution in [0.4, 0.5) is 5.69 Å². The van der Waals surface area contributed by atoms with Crippen LogP contribution in [-0.4, -0.2) is 23.8 Å². The number of Topliss-reactive ketones (excluding diaryl/α,β-unsaturated/α-hetero) is 1. The molecule has 1 amide bonds. The lowest BCUT2D eigenvalue weighted by Gasteiger charge is -2.24. The lowest BCUT2D eigenvalue weighted by molar-refractivity contribution is -0.125. The topological polar surface area (TPSA) is 72.5 Å². The summed E-state index contributed by atoms with van der Waals surface area (Å²) in [6.45, 7) is 1.46. The number of esters is 1. The molecule has 1 heterocycles. The number of carbonyl (C=O) groups is 3. The molecular weight excluding hydrogens is 374 g/mol. The van der Waals surface area contributed by atoms with Crippen LogP contribution in [0.2, 0.25) is 0 Å². The van der Waals surface area contributed by atoms with Gasteiger partial charge in [0.25, 0.3) is 5.91 Å². The van der Waals surface area contributed by atoms with Gasteiger partial charge in [-0.2, -0.15) is 0 Å². The van der Waals surface area contributed by atoms with Crippen LogP contribution in [0.3, 0.4) is 0 Å². The summed E-state index contributed by atoms with van der Waals surface area (Å²) in [5.74, 6) is -1.02. The first kappa shape index (κ1) is 16.4. The maximum absolute atomic E-state index is 12.4. The second kappa shape index (κ2) is 6.57. The first-order valence-corrected chi connectivity index (χ1v) is 8.14. The van der Waals surface area contributed by atoms with Crippen molar-refractivity contribution in [2.45, 2.75) is 19.4 Å². The van der Waals surface area contributed by atoms with E-state index in [-0.39, 0.29) is 5.78 Å². The lowest BCUT2D eigenvalue weighted by Crippen LogP contribution is -2.38. The highest BCUT2D eigenvalue weighted by molar-refractivity contribution is 9.10. The van der Waals surface area contributed by atoms with Crippen molar-refractivity contribution in [3.05, 3.63) is 63.6 Å². The summed E-state index contributed by atoms with van der Waals surface area (Å²) in [6.07, 6.45) is -0.598. The van der Waals surface area contributed by atoms with E-state index >= 15 is 0 Å². The van der Waals surface area contributed by atoms with Gasteiger partial charge in [0.05, 0.1) is 5.56 Å². The Bertz CT molecular complexity index is 847. The van der Waals surface area contributed by atoms with E-state index in [0.717, 1.165) is 10.0 Å². The Balaban J connectivity index is 1.78. The van der Waals surface area contributed by atoms with E-state index in [1.165, 1.54) is 6.92 Å². The smallest absolute Gasteiger partial charge is 0.339 e. The third kappa shape index (κ3) is 3.38. The van der Waals surface area contributed by atoms with E-state index in [2.05, 4.69) is 21.2 Å². The second-order valence-electron chi connectivity index (χ2n) is 5.53. The molecule has 1 aliphatic rings. The van der Waals surface area contributed by atoms with E-state index in [4.69, 9.17) is 4.74 Å². The van der Waals surface area contributed by atoms with Crippen LogP contribution in [0, 0.1) is 0 Å². The summed E-state index contributed by atoms with van der Waals surface area (Å²) in [6, 6.07) is 11.9. The zero-order chi connectivity index (χ0) is 17.3. The quantitative estimate of drug-likeness (QED) is 0.647. The monoisotopic (exact) mass is 387 g/mol. The summed E-state index contributed by atoms with van der Waals surface area (Å²) in [5, 5.41) is 2.69. The molecule has 24 heavy (non-hydrogen) atoms. The molecule has 1 aliphatic heterocycles. The Morgan fingerprint density at radius 3 is 2.75 bits per heavy atom. The predicted molar refractivity (Wildman–Crippen MR) is 92.1 cm³/mol. The Hall–Kier alpha value is -2.47. The molecule has 1 unspecified atom stereocenters.